The first-order chi connectivity index (χ1) is 8.36. The van der Waals surface area contributed by atoms with E-state index in [9.17, 15) is 9.59 Å². The largest absolute Gasteiger partial charge is 0.352 e. The molecule has 0 saturated carbocycles. The van der Waals surface area contributed by atoms with Crippen molar-refractivity contribution in [2.75, 3.05) is 0 Å². The first-order valence-electron chi connectivity index (χ1n) is 5.64. The van der Waals surface area contributed by atoms with Crippen LogP contribution in [0, 0.1) is 25.2 Å². The number of nitriles is 1. The van der Waals surface area contributed by atoms with Gasteiger partial charge < -0.3 is 5.32 Å². The number of hydrogen-bond donors (Lipinski definition) is 1. The van der Waals surface area contributed by atoms with Crippen molar-refractivity contribution in [1.29, 1.82) is 5.26 Å². The molecular formula is C12H16N4O2. The van der Waals surface area contributed by atoms with Crippen molar-refractivity contribution in [2.24, 2.45) is 0 Å². The number of aryl methyl sites for hydroxylation is 1. The molecule has 96 valence electrons. The molecular weight excluding hydrogens is 232 g/mol. The third-order valence-electron chi connectivity index (χ3n) is 2.49. The molecule has 1 aromatic rings. The van der Waals surface area contributed by atoms with Crippen LogP contribution in [0.1, 0.15) is 30.7 Å². The Hall–Kier alpha value is -2.16. The minimum absolute atomic E-state index is 0.00446. The monoisotopic (exact) mass is 248 g/mol. The maximum atomic E-state index is 11.9. The normalized spacial score (nSPS) is 10.2. The van der Waals surface area contributed by atoms with Crippen molar-refractivity contribution >= 4 is 5.91 Å². The van der Waals surface area contributed by atoms with Gasteiger partial charge in [0, 0.05) is 6.04 Å². The van der Waals surface area contributed by atoms with Crippen LogP contribution in [0.2, 0.25) is 0 Å². The standard InChI is InChI=1S/C12H16N4O2/c1-7(2)14-11(17)6-16-12(18)10(5-13)8(3)9(4)15-16/h7H,6H2,1-4H3,(H,14,17). The van der Waals surface area contributed by atoms with Crippen LogP contribution in [0.5, 0.6) is 0 Å². The number of carbonyl (C=O) groups excluding carboxylic acids is 1. The van der Waals surface area contributed by atoms with Gasteiger partial charge in [-0.3, -0.25) is 9.59 Å². The average molecular weight is 248 g/mol. The van der Waals surface area contributed by atoms with Crippen molar-refractivity contribution < 1.29 is 4.79 Å². The number of carbonyl (C=O) groups is 1. The Balaban J connectivity index is 3.13. The zero-order valence-electron chi connectivity index (χ0n) is 10.9. The van der Waals surface area contributed by atoms with Crippen LogP contribution in [0.3, 0.4) is 0 Å². The maximum absolute atomic E-state index is 11.9. The van der Waals surface area contributed by atoms with Crippen molar-refractivity contribution in [3.63, 3.8) is 0 Å². The lowest BCUT2D eigenvalue weighted by molar-refractivity contribution is -0.122. The molecule has 0 aromatic carbocycles. The Morgan fingerprint density at radius 3 is 2.61 bits per heavy atom. The summed E-state index contributed by atoms with van der Waals surface area (Å²) in [6.07, 6.45) is 0. The molecule has 0 bridgehead atoms. The zero-order valence-corrected chi connectivity index (χ0v) is 10.9. The van der Waals surface area contributed by atoms with Gasteiger partial charge in [-0.25, -0.2) is 4.68 Å². The van der Waals surface area contributed by atoms with E-state index in [0.29, 0.717) is 11.3 Å². The van der Waals surface area contributed by atoms with Gasteiger partial charge in [-0.1, -0.05) is 0 Å². The van der Waals surface area contributed by atoms with Crippen LogP contribution < -0.4 is 10.9 Å². The number of nitrogens with one attached hydrogen (secondary N) is 1. The Morgan fingerprint density at radius 2 is 2.11 bits per heavy atom. The smallest absolute Gasteiger partial charge is 0.285 e. The lowest BCUT2D eigenvalue weighted by Gasteiger charge is -2.11. The lowest BCUT2D eigenvalue weighted by Crippen LogP contribution is -2.38. The van der Waals surface area contributed by atoms with E-state index in [4.69, 9.17) is 5.26 Å². The molecule has 1 heterocycles. The molecule has 1 N–H and O–H groups in total. The van der Waals surface area contributed by atoms with Gasteiger partial charge in [0.05, 0.1) is 5.69 Å². The van der Waals surface area contributed by atoms with E-state index in [0.717, 1.165) is 4.68 Å². The van der Waals surface area contributed by atoms with E-state index >= 15 is 0 Å². The molecule has 6 heteroatoms. The fourth-order valence-corrected chi connectivity index (χ4v) is 1.51. The minimum atomic E-state index is -0.528. The number of amides is 1. The highest BCUT2D eigenvalue weighted by Crippen LogP contribution is 2.04. The molecule has 0 aliphatic carbocycles. The van der Waals surface area contributed by atoms with Crippen LogP contribution in [0.4, 0.5) is 0 Å². The summed E-state index contributed by atoms with van der Waals surface area (Å²) < 4.78 is 1.03. The molecule has 0 aliphatic rings. The summed E-state index contributed by atoms with van der Waals surface area (Å²) >= 11 is 0. The second-order valence-corrected chi connectivity index (χ2v) is 4.38. The maximum Gasteiger partial charge on any atom is 0.285 e. The van der Waals surface area contributed by atoms with Crippen molar-refractivity contribution in [3.05, 3.63) is 27.2 Å². The molecule has 0 aliphatic heterocycles. The summed E-state index contributed by atoms with van der Waals surface area (Å²) in [6, 6.07) is 1.85. The Morgan fingerprint density at radius 1 is 1.50 bits per heavy atom. The van der Waals surface area contributed by atoms with Crippen LogP contribution in [-0.2, 0) is 11.3 Å². The van der Waals surface area contributed by atoms with E-state index < -0.39 is 5.56 Å². The molecule has 0 unspecified atom stereocenters. The van der Waals surface area contributed by atoms with Gasteiger partial charge in [-0.05, 0) is 33.3 Å². The predicted octanol–water partition coefficient (Wildman–Crippen LogP) is 0.256. The third-order valence-corrected chi connectivity index (χ3v) is 2.49. The molecule has 18 heavy (non-hydrogen) atoms. The summed E-state index contributed by atoms with van der Waals surface area (Å²) in [7, 11) is 0. The third kappa shape index (κ3) is 2.94. The van der Waals surface area contributed by atoms with Gasteiger partial charge in [-0.2, -0.15) is 10.4 Å². The molecule has 0 saturated heterocycles. The summed E-state index contributed by atoms with van der Waals surface area (Å²) in [5, 5.41) is 15.6. The SMILES string of the molecule is Cc1nn(CC(=O)NC(C)C)c(=O)c(C#N)c1C. The molecule has 1 amide bonds. The summed E-state index contributed by atoms with van der Waals surface area (Å²) in [6.45, 7) is 6.85. The van der Waals surface area contributed by atoms with Gasteiger partial charge in [-0.15, -0.1) is 0 Å². The van der Waals surface area contributed by atoms with Crippen LogP contribution >= 0.6 is 0 Å². The van der Waals surface area contributed by atoms with Gasteiger partial charge in [0.1, 0.15) is 18.2 Å². The molecule has 0 radical (unpaired) electrons. The minimum Gasteiger partial charge on any atom is -0.352 e. The van der Waals surface area contributed by atoms with Crippen LogP contribution in [0.25, 0.3) is 0 Å². The first-order valence-corrected chi connectivity index (χ1v) is 5.64. The predicted molar refractivity (Wildman–Crippen MR) is 66.0 cm³/mol. The van der Waals surface area contributed by atoms with E-state index in [2.05, 4.69) is 10.4 Å². The molecule has 1 rings (SSSR count). The second-order valence-electron chi connectivity index (χ2n) is 4.38. The second kappa shape index (κ2) is 5.45. The van der Waals surface area contributed by atoms with Gasteiger partial charge >= 0.3 is 0 Å². The molecule has 6 nitrogen and oxygen atoms in total. The van der Waals surface area contributed by atoms with Crippen molar-refractivity contribution in [2.45, 2.75) is 40.3 Å². The topological polar surface area (TPSA) is 87.8 Å². The molecule has 0 spiro atoms. The fourth-order valence-electron chi connectivity index (χ4n) is 1.51. The Bertz CT molecular complexity index is 567. The van der Waals surface area contributed by atoms with Gasteiger partial charge in [0.15, 0.2) is 0 Å². The number of rotatable bonds is 3. The first kappa shape index (κ1) is 13.9. The van der Waals surface area contributed by atoms with Gasteiger partial charge in [0.25, 0.3) is 5.56 Å². The number of aromatic nitrogens is 2. The van der Waals surface area contributed by atoms with Crippen molar-refractivity contribution in [1.82, 2.24) is 15.1 Å². The fraction of sp³-hybridized carbons (Fsp3) is 0.500. The summed E-state index contributed by atoms with van der Waals surface area (Å²) in [5.41, 5.74) is 0.644. The molecule has 1 aromatic heterocycles. The van der Waals surface area contributed by atoms with E-state index in [1.807, 2.05) is 19.9 Å². The zero-order chi connectivity index (χ0) is 13.9. The average Bonchev–Trinajstić information content (AvgIpc) is 2.25. The lowest BCUT2D eigenvalue weighted by atomic mass is 10.1. The van der Waals surface area contributed by atoms with Crippen LogP contribution in [0.15, 0.2) is 4.79 Å². The summed E-state index contributed by atoms with van der Waals surface area (Å²) in [5.74, 6) is -0.299. The number of nitrogens with zero attached hydrogens (tertiary/aromatic N) is 3. The molecule has 0 fully saturated rings. The highest BCUT2D eigenvalue weighted by Gasteiger charge is 2.13. The quantitative estimate of drug-likeness (QED) is 0.830. The van der Waals surface area contributed by atoms with Gasteiger partial charge in [0.2, 0.25) is 5.91 Å². The highest BCUT2D eigenvalue weighted by atomic mass is 16.2. The van der Waals surface area contributed by atoms with Crippen LogP contribution in [-0.4, -0.2) is 21.7 Å². The van der Waals surface area contributed by atoms with Crippen molar-refractivity contribution in [3.8, 4) is 6.07 Å². The summed E-state index contributed by atoms with van der Waals surface area (Å²) in [4.78, 5) is 23.5. The highest BCUT2D eigenvalue weighted by molar-refractivity contribution is 5.75. The Kier molecular flexibility index (Phi) is 4.21. The number of hydrogen-bond acceptors (Lipinski definition) is 4. The van der Waals surface area contributed by atoms with E-state index in [-0.39, 0.29) is 24.1 Å². The Labute approximate surface area is 105 Å². The molecule has 0 atom stereocenters. The van der Waals surface area contributed by atoms with E-state index in [1.165, 1.54) is 0 Å². The van der Waals surface area contributed by atoms with E-state index in [1.54, 1.807) is 13.8 Å².